The lowest BCUT2D eigenvalue weighted by Crippen LogP contribution is -2.49. The molecule has 2 aromatic carbocycles. The van der Waals surface area contributed by atoms with E-state index < -0.39 is 17.0 Å². The van der Waals surface area contributed by atoms with E-state index in [1.54, 1.807) is 44.7 Å². The van der Waals surface area contributed by atoms with Gasteiger partial charge in [-0.05, 0) is 55.5 Å². The van der Waals surface area contributed by atoms with Gasteiger partial charge in [0.05, 0.1) is 31.0 Å². The standard InChI is InChI=1S/C34H36N5O8/c1-46-27-14-11-23-29(30(27)47-2)34(43)38-25-9-6-5-8-22(25)32(41)36(31(23)38)15-7-3-4-10-28(40)35-17-20-16-21(19-35)24-12-13-26(39(44)45)33(42)37(24)18-20/h5-6,8-9,11-14,20-21,31,44H,3-4,7,10,15-19H2,1-2H3/q-1. The summed E-state index contributed by atoms with van der Waals surface area (Å²) in [6.07, 6.45) is 2.62. The second kappa shape index (κ2) is 12.0. The summed E-state index contributed by atoms with van der Waals surface area (Å²) in [5.74, 6) is 0.505. The monoisotopic (exact) mass is 642 g/mol. The van der Waals surface area contributed by atoms with E-state index in [4.69, 9.17) is 9.47 Å². The van der Waals surface area contributed by atoms with Gasteiger partial charge in [-0.15, -0.1) is 0 Å². The Labute approximate surface area is 271 Å². The summed E-state index contributed by atoms with van der Waals surface area (Å²) in [6, 6.07) is 13.7. The summed E-state index contributed by atoms with van der Waals surface area (Å²) in [6.45, 7) is 1.83. The van der Waals surface area contributed by atoms with Crippen molar-refractivity contribution in [2.45, 2.75) is 50.7 Å². The topological polar surface area (TPSA) is 148 Å². The predicted octanol–water partition coefficient (Wildman–Crippen LogP) is 3.88. The molecule has 13 heteroatoms. The summed E-state index contributed by atoms with van der Waals surface area (Å²) in [7, 11) is 3.01. The van der Waals surface area contributed by atoms with Gasteiger partial charge >= 0.3 is 0 Å². The van der Waals surface area contributed by atoms with Gasteiger partial charge in [0.15, 0.2) is 11.5 Å². The Kier molecular flexibility index (Phi) is 7.88. The molecule has 246 valence electrons. The Hall–Kier alpha value is -4.88. The van der Waals surface area contributed by atoms with Crippen LogP contribution in [-0.4, -0.2) is 71.1 Å². The van der Waals surface area contributed by atoms with Crippen LogP contribution >= 0.6 is 0 Å². The first kappa shape index (κ1) is 30.8. The molecule has 1 fully saturated rings. The number of rotatable bonds is 9. The van der Waals surface area contributed by atoms with E-state index in [1.165, 1.54) is 20.3 Å². The number of pyridine rings is 1. The average molecular weight is 643 g/mol. The molecule has 4 aliphatic heterocycles. The van der Waals surface area contributed by atoms with Crippen LogP contribution in [0.1, 0.15) is 76.2 Å². The summed E-state index contributed by atoms with van der Waals surface area (Å²) in [4.78, 5) is 58.9. The van der Waals surface area contributed by atoms with Crippen molar-refractivity contribution in [2.75, 3.05) is 44.0 Å². The summed E-state index contributed by atoms with van der Waals surface area (Å²) >= 11 is 0. The zero-order chi connectivity index (χ0) is 33.0. The minimum absolute atomic E-state index is 0.0153. The van der Waals surface area contributed by atoms with Crippen LogP contribution in [-0.2, 0) is 11.3 Å². The molecule has 7 rings (SSSR count). The van der Waals surface area contributed by atoms with Crippen molar-refractivity contribution in [3.05, 3.63) is 86.5 Å². The van der Waals surface area contributed by atoms with Crippen LogP contribution in [0.4, 0.5) is 11.4 Å². The van der Waals surface area contributed by atoms with Gasteiger partial charge in [0.1, 0.15) is 11.9 Å². The second-order valence-corrected chi connectivity index (χ2v) is 12.6. The van der Waals surface area contributed by atoms with Crippen LogP contribution in [0, 0.1) is 11.1 Å². The number of carbonyl (C=O) groups is 3. The van der Waals surface area contributed by atoms with Crippen LogP contribution in [0.2, 0.25) is 0 Å². The van der Waals surface area contributed by atoms with E-state index in [0.717, 1.165) is 12.1 Å². The van der Waals surface area contributed by atoms with Crippen molar-refractivity contribution in [3.63, 3.8) is 0 Å². The third-order valence-electron chi connectivity index (χ3n) is 9.92. The normalized spacial score (nSPS) is 20.8. The molecule has 13 nitrogen and oxygen atoms in total. The van der Waals surface area contributed by atoms with E-state index >= 15 is 0 Å². The molecule has 47 heavy (non-hydrogen) atoms. The lowest BCUT2D eigenvalue weighted by molar-refractivity contribution is -0.134. The van der Waals surface area contributed by atoms with Gasteiger partial charge in [0.25, 0.3) is 17.4 Å². The Morgan fingerprint density at radius 1 is 0.957 bits per heavy atom. The van der Waals surface area contributed by atoms with Crippen LogP contribution in [0.3, 0.4) is 0 Å². The smallest absolute Gasteiger partial charge is 0.275 e. The molecule has 3 atom stereocenters. The highest BCUT2D eigenvalue weighted by Crippen LogP contribution is 2.49. The number of unbranched alkanes of at least 4 members (excludes halogenated alkanes) is 2. The number of para-hydroxylation sites is 1. The van der Waals surface area contributed by atoms with Crippen molar-refractivity contribution in [1.82, 2.24) is 14.4 Å². The van der Waals surface area contributed by atoms with Crippen LogP contribution in [0.25, 0.3) is 0 Å². The molecule has 1 saturated heterocycles. The van der Waals surface area contributed by atoms with E-state index in [0.29, 0.717) is 85.7 Å². The third kappa shape index (κ3) is 5.01. The number of amides is 3. The number of ether oxygens (including phenoxy) is 2. The molecule has 0 spiro atoms. The molecule has 3 aromatic rings. The lowest BCUT2D eigenvalue weighted by Gasteiger charge is -2.43. The molecule has 0 radical (unpaired) electrons. The first-order valence-corrected chi connectivity index (χ1v) is 15.9. The Bertz CT molecular complexity index is 1820. The average Bonchev–Trinajstić information content (AvgIpc) is 3.37. The number of carbonyl (C=O) groups excluding carboxylic acids is 3. The Morgan fingerprint density at radius 3 is 2.53 bits per heavy atom. The predicted molar refractivity (Wildman–Crippen MR) is 171 cm³/mol. The number of hydrogen-bond acceptors (Lipinski definition) is 9. The number of likely N-dealkylation sites (tertiary alicyclic amines) is 1. The molecular formula is C34H36N5O8-. The number of methoxy groups -OCH3 is 2. The van der Waals surface area contributed by atoms with Gasteiger partial charge in [-0.25, -0.2) is 0 Å². The zero-order valence-corrected chi connectivity index (χ0v) is 26.3. The van der Waals surface area contributed by atoms with Crippen LogP contribution in [0.15, 0.2) is 53.3 Å². The SMILES string of the molecule is COc1ccc2c(c1OC)C(=O)N1c3ccccc3C(=O)N(CCCCCC(=O)N3CC4CC(C3)c3ccc(N([O-])O)c(=O)n3C4)C21. The summed E-state index contributed by atoms with van der Waals surface area (Å²) < 4.78 is 12.6. The van der Waals surface area contributed by atoms with Crippen LogP contribution in [0.5, 0.6) is 11.5 Å². The number of aromatic nitrogens is 1. The fourth-order valence-electron chi connectivity index (χ4n) is 7.83. The molecule has 2 bridgehead atoms. The maximum absolute atomic E-state index is 13.9. The molecule has 1 N–H and O–H groups in total. The quantitative estimate of drug-likeness (QED) is 0.271. The van der Waals surface area contributed by atoms with E-state index in [1.807, 2.05) is 17.0 Å². The second-order valence-electron chi connectivity index (χ2n) is 12.6. The van der Waals surface area contributed by atoms with E-state index in [9.17, 15) is 29.6 Å². The van der Waals surface area contributed by atoms with Crippen molar-refractivity contribution in [1.29, 1.82) is 0 Å². The van der Waals surface area contributed by atoms with Gasteiger partial charge in [-0.3, -0.25) is 29.3 Å². The highest BCUT2D eigenvalue weighted by molar-refractivity contribution is 6.18. The molecular weight excluding hydrogens is 606 g/mol. The molecule has 3 unspecified atom stereocenters. The van der Waals surface area contributed by atoms with E-state index in [2.05, 4.69) is 0 Å². The van der Waals surface area contributed by atoms with E-state index in [-0.39, 0.29) is 35.2 Å². The first-order valence-electron chi connectivity index (χ1n) is 15.9. The fraction of sp³-hybridized carbons (Fsp3) is 0.412. The molecule has 1 aromatic heterocycles. The van der Waals surface area contributed by atoms with Crippen molar-refractivity contribution in [3.8, 4) is 11.5 Å². The number of nitrogens with zero attached hydrogens (tertiary/aromatic N) is 5. The van der Waals surface area contributed by atoms with Crippen molar-refractivity contribution >= 4 is 29.1 Å². The molecule has 0 saturated carbocycles. The zero-order valence-electron chi connectivity index (χ0n) is 26.3. The largest absolute Gasteiger partial charge is 0.733 e. The Morgan fingerprint density at radius 2 is 1.77 bits per heavy atom. The van der Waals surface area contributed by atoms with Gasteiger partial charge in [-0.2, -0.15) is 0 Å². The maximum atomic E-state index is 13.9. The summed E-state index contributed by atoms with van der Waals surface area (Å²) in [5.41, 5.74) is 2.04. The first-order chi connectivity index (χ1) is 22.7. The minimum atomic E-state index is -0.616. The van der Waals surface area contributed by atoms with Crippen LogP contribution < -0.4 is 25.2 Å². The highest BCUT2D eigenvalue weighted by atomic mass is 16.8. The minimum Gasteiger partial charge on any atom is -0.733 e. The molecule has 4 aliphatic rings. The highest BCUT2D eigenvalue weighted by Gasteiger charge is 2.49. The van der Waals surface area contributed by atoms with Gasteiger partial charge in [0.2, 0.25) is 5.91 Å². The summed E-state index contributed by atoms with van der Waals surface area (Å²) in [5, 5.41) is 20.2. The fourth-order valence-corrected chi connectivity index (χ4v) is 7.83. The number of anilines is 2. The van der Waals surface area contributed by atoms with Gasteiger partial charge in [-0.1, -0.05) is 24.6 Å². The number of benzene rings is 2. The third-order valence-corrected chi connectivity index (χ3v) is 9.92. The van der Waals surface area contributed by atoms with Crippen molar-refractivity contribution < 1.29 is 29.1 Å². The number of hydrogen-bond donors (Lipinski definition) is 1. The Balaban J connectivity index is 1.01. The maximum Gasteiger partial charge on any atom is 0.275 e. The molecule has 3 amide bonds. The van der Waals surface area contributed by atoms with Gasteiger partial charge in [0, 0.05) is 49.8 Å². The molecule has 0 aliphatic carbocycles. The number of fused-ring (bicyclic) bond motifs is 9. The van der Waals surface area contributed by atoms with Crippen molar-refractivity contribution in [2.24, 2.45) is 5.92 Å². The molecule has 5 heterocycles. The number of piperidine rings is 1. The van der Waals surface area contributed by atoms with Gasteiger partial charge < -0.3 is 34.3 Å². The lowest BCUT2D eigenvalue weighted by atomic mass is 9.83.